The van der Waals surface area contributed by atoms with Crippen LogP contribution in [0.15, 0.2) is 12.1 Å². The van der Waals surface area contributed by atoms with Crippen LogP contribution in [0.25, 0.3) is 0 Å². The van der Waals surface area contributed by atoms with E-state index in [1.807, 2.05) is 19.9 Å². The van der Waals surface area contributed by atoms with E-state index in [-0.39, 0.29) is 11.8 Å². The first-order valence-corrected chi connectivity index (χ1v) is 10.9. The molecule has 0 unspecified atom stereocenters. The van der Waals surface area contributed by atoms with Gasteiger partial charge in [0.1, 0.15) is 0 Å². The van der Waals surface area contributed by atoms with Crippen molar-refractivity contribution in [1.29, 1.82) is 0 Å². The molecule has 0 aliphatic carbocycles. The van der Waals surface area contributed by atoms with Crippen molar-refractivity contribution in [3.05, 3.63) is 21.9 Å². The van der Waals surface area contributed by atoms with E-state index >= 15 is 0 Å². The van der Waals surface area contributed by atoms with Gasteiger partial charge in [0.15, 0.2) is 0 Å². The summed E-state index contributed by atoms with van der Waals surface area (Å²) in [5, 5.41) is 2.71. The fourth-order valence-electron chi connectivity index (χ4n) is 2.79. The normalized spacial score (nSPS) is 16.1. The Labute approximate surface area is 158 Å². The summed E-state index contributed by atoms with van der Waals surface area (Å²) >= 11 is 1.35. The lowest BCUT2D eigenvalue weighted by atomic mass is 10.3. The molecular formula is C16H26N4O4S2. The number of carbonyl (C=O) groups excluding carboxylic acids is 2. The van der Waals surface area contributed by atoms with Crippen molar-refractivity contribution >= 4 is 33.4 Å². The van der Waals surface area contributed by atoms with Gasteiger partial charge in [-0.05, 0) is 12.1 Å². The smallest absolute Gasteiger partial charge is 0.282 e. The average molecular weight is 403 g/mol. The van der Waals surface area contributed by atoms with Crippen LogP contribution >= 0.6 is 11.3 Å². The van der Waals surface area contributed by atoms with Gasteiger partial charge in [0.2, 0.25) is 5.91 Å². The lowest BCUT2D eigenvalue weighted by Gasteiger charge is -2.36. The van der Waals surface area contributed by atoms with Gasteiger partial charge < -0.3 is 10.2 Å². The number of nitrogens with zero attached hydrogens (tertiary/aromatic N) is 3. The van der Waals surface area contributed by atoms with Gasteiger partial charge in [-0.15, -0.1) is 11.3 Å². The second kappa shape index (κ2) is 8.94. The number of thiophene rings is 1. The van der Waals surface area contributed by atoms with E-state index in [1.54, 1.807) is 11.0 Å². The van der Waals surface area contributed by atoms with Crippen LogP contribution in [0.3, 0.4) is 0 Å². The standard InChI is InChI=1S/C16H26N4O4S2/c1-4-19(5-2)26(23,24)20-10-8-18(9-11-20)16(22)15-7-6-14(25-15)12-17-13(3)21/h6-7H,4-5,8-12H2,1-3H3,(H,17,21). The highest BCUT2D eigenvalue weighted by atomic mass is 32.2. The predicted octanol–water partition coefficient (Wildman–Crippen LogP) is 0.729. The summed E-state index contributed by atoms with van der Waals surface area (Å²) in [6.07, 6.45) is 0. The molecule has 1 aliphatic rings. The minimum Gasteiger partial charge on any atom is -0.351 e. The fourth-order valence-corrected chi connectivity index (χ4v) is 5.31. The average Bonchev–Trinajstić information content (AvgIpc) is 3.09. The number of nitrogens with one attached hydrogen (secondary N) is 1. The molecule has 8 nitrogen and oxygen atoms in total. The number of carbonyl (C=O) groups is 2. The van der Waals surface area contributed by atoms with Crippen LogP contribution in [0, 0.1) is 0 Å². The van der Waals surface area contributed by atoms with Crippen LogP contribution in [-0.4, -0.2) is 73.0 Å². The Morgan fingerprint density at radius 2 is 1.77 bits per heavy atom. The summed E-state index contributed by atoms with van der Waals surface area (Å²) in [6.45, 7) is 7.70. The molecule has 2 rings (SSSR count). The van der Waals surface area contributed by atoms with Gasteiger partial charge in [0.25, 0.3) is 16.1 Å². The number of amides is 2. The Balaban J connectivity index is 1.95. The predicted molar refractivity (Wildman–Crippen MR) is 101 cm³/mol. The molecule has 1 N–H and O–H groups in total. The van der Waals surface area contributed by atoms with Crippen LogP contribution in [0.4, 0.5) is 0 Å². The molecular weight excluding hydrogens is 376 g/mol. The maximum atomic E-state index is 12.6. The zero-order valence-electron chi connectivity index (χ0n) is 15.4. The van der Waals surface area contributed by atoms with E-state index in [0.29, 0.717) is 50.7 Å². The van der Waals surface area contributed by atoms with E-state index in [1.165, 1.54) is 26.9 Å². The Morgan fingerprint density at radius 1 is 1.15 bits per heavy atom. The van der Waals surface area contributed by atoms with Gasteiger partial charge in [-0.1, -0.05) is 13.8 Å². The lowest BCUT2D eigenvalue weighted by Crippen LogP contribution is -2.54. The van der Waals surface area contributed by atoms with Crippen molar-refractivity contribution in [3.63, 3.8) is 0 Å². The third-order valence-corrected chi connectivity index (χ3v) is 7.53. The third-order valence-electron chi connectivity index (χ3n) is 4.27. The number of hydrogen-bond acceptors (Lipinski definition) is 5. The molecule has 26 heavy (non-hydrogen) atoms. The number of rotatable bonds is 7. The molecule has 0 saturated carbocycles. The van der Waals surface area contributed by atoms with Gasteiger partial charge in [-0.3, -0.25) is 9.59 Å². The van der Waals surface area contributed by atoms with E-state index in [2.05, 4.69) is 5.32 Å². The van der Waals surface area contributed by atoms with Gasteiger partial charge in [0, 0.05) is 51.1 Å². The highest BCUT2D eigenvalue weighted by Crippen LogP contribution is 2.20. The van der Waals surface area contributed by atoms with Crippen molar-refractivity contribution in [2.24, 2.45) is 0 Å². The minimum atomic E-state index is -3.46. The largest absolute Gasteiger partial charge is 0.351 e. The maximum absolute atomic E-state index is 12.6. The quantitative estimate of drug-likeness (QED) is 0.728. The lowest BCUT2D eigenvalue weighted by molar-refractivity contribution is -0.119. The molecule has 0 spiro atoms. The van der Waals surface area contributed by atoms with Gasteiger partial charge in [-0.2, -0.15) is 17.0 Å². The zero-order chi connectivity index (χ0) is 19.3. The summed E-state index contributed by atoms with van der Waals surface area (Å²) in [6, 6.07) is 3.58. The van der Waals surface area contributed by atoms with Crippen LogP contribution in [-0.2, 0) is 21.5 Å². The zero-order valence-corrected chi connectivity index (χ0v) is 17.0. The van der Waals surface area contributed by atoms with Crippen molar-refractivity contribution < 1.29 is 18.0 Å². The number of hydrogen-bond donors (Lipinski definition) is 1. The molecule has 1 aromatic rings. The second-order valence-corrected chi connectivity index (χ2v) is 9.06. The summed E-state index contributed by atoms with van der Waals surface area (Å²) < 4.78 is 28.0. The first-order chi connectivity index (χ1) is 12.3. The van der Waals surface area contributed by atoms with Crippen LogP contribution in [0.5, 0.6) is 0 Å². The Bertz CT molecular complexity index is 735. The molecule has 2 heterocycles. The topological polar surface area (TPSA) is 90.0 Å². The van der Waals surface area contributed by atoms with Crippen LogP contribution < -0.4 is 5.32 Å². The fraction of sp³-hybridized carbons (Fsp3) is 0.625. The van der Waals surface area contributed by atoms with Crippen LogP contribution in [0.2, 0.25) is 0 Å². The van der Waals surface area contributed by atoms with E-state index in [0.717, 1.165) is 4.88 Å². The molecule has 1 fully saturated rings. The molecule has 10 heteroatoms. The Morgan fingerprint density at radius 3 is 2.31 bits per heavy atom. The number of piperazine rings is 1. The molecule has 0 atom stereocenters. The van der Waals surface area contributed by atoms with E-state index < -0.39 is 10.2 Å². The third kappa shape index (κ3) is 4.81. The Hall–Kier alpha value is -1.49. The molecule has 0 radical (unpaired) electrons. The maximum Gasteiger partial charge on any atom is 0.282 e. The summed E-state index contributed by atoms with van der Waals surface area (Å²) in [5.74, 6) is -0.208. The molecule has 0 aromatic carbocycles. The monoisotopic (exact) mass is 402 g/mol. The van der Waals surface area contributed by atoms with E-state index in [4.69, 9.17) is 0 Å². The minimum absolute atomic E-state index is 0.0936. The van der Waals surface area contributed by atoms with Gasteiger partial charge >= 0.3 is 0 Å². The van der Waals surface area contributed by atoms with Gasteiger partial charge in [-0.25, -0.2) is 0 Å². The molecule has 0 bridgehead atoms. The molecule has 146 valence electrons. The first kappa shape index (κ1) is 20.8. The van der Waals surface area contributed by atoms with Crippen LogP contribution in [0.1, 0.15) is 35.3 Å². The summed E-state index contributed by atoms with van der Waals surface area (Å²) in [7, 11) is -3.46. The Kier molecular flexibility index (Phi) is 7.16. The highest BCUT2D eigenvalue weighted by molar-refractivity contribution is 7.86. The highest BCUT2D eigenvalue weighted by Gasteiger charge is 2.32. The molecule has 1 saturated heterocycles. The van der Waals surface area contributed by atoms with Crippen molar-refractivity contribution in [1.82, 2.24) is 18.8 Å². The van der Waals surface area contributed by atoms with Crippen molar-refractivity contribution in [2.75, 3.05) is 39.3 Å². The molecule has 1 aromatic heterocycles. The molecule has 2 amide bonds. The second-order valence-electron chi connectivity index (χ2n) is 5.96. The molecule has 1 aliphatic heterocycles. The first-order valence-electron chi connectivity index (χ1n) is 8.67. The van der Waals surface area contributed by atoms with Crippen molar-refractivity contribution in [2.45, 2.75) is 27.3 Å². The summed E-state index contributed by atoms with van der Waals surface area (Å²) in [5.41, 5.74) is 0. The SMILES string of the molecule is CCN(CC)S(=O)(=O)N1CCN(C(=O)c2ccc(CNC(C)=O)s2)CC1. The summed E-state index contributed by atoms with van der Waals surface area (Å²) in [4.78, 5) is 26.8. The van der Waals surface area contributed by atoms with Gasteiger partial charge in [0.05, 0.1) is 11.4 Å². The van der Waals surface area contributed by atoms with E-state index in [9.17, 15) is 18.0 Å². The van der Waals surface area contributed by atoms with Crippen molar-refractivity contribution in [3.8, 4) is 0 Å².